The molecular weight excluding hydrogens is 260 g/mol. The number of carboxylic acid groups (broad SMARTS) is 1. The second-order valence-corrected chi connectivity index (χ2v) is 4.37. The van der Waals surface area contributed by atoms with E-state index in [1.54, 1.807) is 35.6 Å². The lowest BCUT2D eigenvalue weighted by atomic mass is 10.2. The molecule has 0 aliphatic rings. The van der Waals surface area contributed by atoms with Crippen molar-refractivity contribution in [3.8, 4) is 5.82 Å². The van der Waals surface area contributed by atoms with Crippen molar-refractivity contribution in [3.05, 3.63) is 36.3 Å². The molecule has 0 radical (unpaired) electrons. The van der Waals surface area contributed by atoms with E-state index in [9.17, 15) is 9.59 Å². The first-order valence-electron chi connectivity index (χ1n) is 6.23. The van der Waals surface area contributed by atoms with Gasteiger partial charge in [0.2, 0.25) is 0 Å². The SMILES string of the molecule is CC[C@@H](NC(=O)c1cnn(C)c1-n1cccc1)C(=O)O. The maximum Gasteiger partial charge on any atom is 0.326 e. The van der Waals surface area contributed by atoms with Crippen LogP contribution in [0.15, 0.2) is 30.7 Å². The van der Waals surface area contributed by atoms with Crippen molar-refractivity contribution in [1.82, 2.24) is 19.7 Å². The van der Waals surface area contributed by atoms with Gasteiger partial charge in [-0.1, -0.05) is 6.92 Å². The Balaban J connectivity index is 2.30. The molecule has 2 heterocycles. The van der Waals surface area contributed by atoms with Gasteiger partial charge in [0.25, 0.3) is 5.91 Å². The molecule has 2 N–H and O–H groups in total. The van der Waals surface area contributed by atoms with Gasteiger partial charge < -0.3 is 15.0 Å². The number of aliphatic carboxylic acids is 1. The van der Waals surface area contributed by atoms with Crippen LogP contribution >= 0.6 is 0 Å². The van der Waals surface area contributed by atoms with Crippen LogP contribution in [-0.2, 0) is 11.8 Å². The summed E-state index contributed by atoms with van der Waals surface area (Å²) in [5.74, 6) is -0.906. The average Bonchev–Trinajstić information content (AvgIpc) is 3.03. The van der Waals surface area contributed by atoms with Crippen molar-refractivity contribution in [2.75, 3.05) is 0 Å². The van der Waals surface area contributed by atoms with Crippen molar-refractivity contribution in [3.63, 3.8) is 0 Å². The highest BCUT2D eigenvalue weighted by atomic mass is 16.4. The largest absolute Gasteiger partial charge is 0.480 e. The van der Waals surface area contributed by atoms with E-state index >= 15 is 0 Å². The molecule has 106 valence electrons. The van der Waals surface area contributed by atoms with E-state index in [0.717, 1.165) is 0 Å². The predicted octanol–water partition coefficient (Wildman–Crippen LogP) is 0.804. The molecule has 1 amide bonds. The standard InChI is InChI=1S/C13H16N4O3/c1-3-10(13(19)20)15-11(18)9-8-14-16(2)12(9)17-6-4-5-7-17/h4-8,10H,3H2,1-2H3,(H,15,18)(H,19,20)/t10-/m1/s1. The molecule has 2 rings (SSSR count). The number of nitrogens with one attached hydrogen (secondary N) is 1. The average molecular weight is 276 g/mol. The van der Waals surface area contributed by atoms with Crippen LogP contribution < -0.4 is 5.32 Å². The minimum atomic E-state index is -1.05. The van der Waals surface area contributed by atoms with Gasteiger partial charge in [-0.15, -0.1) is 0 Å². The van der Waals surface area contributed by atoms with E-state index in [2.05, 4.69) is 10.4 Å². The fraction of sp³-hybridized carbons (Fsp3) is 0.308. The zero-order valence-electron chi connectivity index (χ0n) is 11.3. The van der Waals surface area contributed by atoms with Crippen LogP contribution in [0.4, 0.5) is 0 Å². The first kappa shape index (κ1) is 13.9. The van der Waals surface area contributed by atoms with Crippen LogP contribution in [0.2, 0.25) is 0 Å². The summed E-state index contributed by atoms with van der Waals surface area (Å²) in [7, 11) is 1.72. The molecular formula is C13H16N4O3. The molecule has 0 spiro atoms. The third-order valence-electron chi connectivity index (χ3n) is 3.01. The van der Waals surface area contributed by atoms with E-state index in [-0.39, 0.29) is 0 Å². The molecule has 2 aromatic rings. The van der Waals surface area contributed by atoms with Crippen molar-refractivity contribution in [1.29, 1.82) is 0 Å². The van der Waals surface area contributed by atoms with Crippen LogP contribution in [-0.4, -0.2) is 37.4 Å². The van der Waals surface area contributed by atoms with E-state index in [4.69, 9.17) is 5.11 Å². The number of rotatable bonds is 5. The third kappa shape index (κ3) is 2.56. The highest BCUT2D eigenvalue weighted by Gasteiger charge is 2.22. The van der Waals surface area contributed by atoms with Crippen LogP contribution in [0.5, 0.6) is 0 Å². The van der Waals surface area contributed by atoms with Gasteiger partial charge in [-0.3, -0.25) is 9.48 Å². The monoisotopic (exact) mass is 276 g/mol. The molecule has 0 bridgehead atoms. The normalized spacial score (nSPS) is 12.1. The molecule has 1 atom stereocenters. The first-order chi connectivity index (χ1) is 9.54. The van der Waals surface area contributed by atoms with Crippen LogP contribution in [0.3, 0.4) is 0 Å². The Morgan fingerprint density at radius 1 is 1.40 bits per heavy atom. The number of carboxylic acids is 1. The Kier molecular flexibility index (Phi) is 3.88. The quantitative estimate of drug-likeness (QED) is 0.845. The van der Waals surface area contributed by atoms with Gasteiger partial charge in [-0.25, -0.2) is 4.79 Å². The number of hydrogen-bond acceptors (Lipinski definition) is 3. The number of carbonyl (C=O) groups is 2. The van der Waals surface area contributed by atoms with E-state index < -0.39 is 17.9 Å². The molecule has 0 fully saturated rings. The summed E-state index contributed by atoms with van der Waals surface area (Å²) in [6.45, 7) is 1.70. The number of aromatic nitrogens is 3. The van der Waals surface area contributed by atoms with E-state index in [1.165, 1.54) is 6.20 Å². The van der Waals surface area contributed by atoms with Crippen molar-refractivity contribution < 1.29 is 14.7 Å². The van der Waals surface area contributed by atoms with E-state index in [1.807, 2.05) is 12.1 Å². The second kappa shape index (κ2) is 5.60. The van der Waals surface area contributed by atoms with Gasteiger partial charge in [0, 0.05) is 19.4 Å². The zero-order chi connectivity index (χ0) is 14.7. The minimum Gasteiger partial charge on any atom is -0.480 e. The number of carbonyl (C=O) groups excluding carboxylic acids is 1. The highest BCUT2D eigenvalue weighted by Crippen LogP contribution is 2.14. The summed E-state index contributed by atoms with van der Waals surface area (Å²) in [6, 6.07) is 2.77. The maximum atomic E-state index is 12.2. The van der Waals surface area contributed by atoms with Crippen molar-refractivity contribution >= 4 is 11.9 Å². The number of amides is 1. The lowest BCUT2D eigenvalue weighted by molar-refractivity contribution is -0.139. The van der Waals surface area contributed by atoms with Gasteiger partial charge in [0.15, 0.2) is 0 Å². The first-order valence-corrected chi connectivity index (χ1v) is 6.23. The summed E-state index contributed by atoms with van der Waals surface area (Å²) in [5, 5.41) is 15.5. The van der Waals surface area contributed by atoms with Crippen LogP contribution in [0, 0.1) is 0 Å². The topological polar surface area (TPSA) is 89.2 Å². The molecule has 0 aliphatic heterocycles. The van der Waals surface area contributed by atoms with Crippen molar-refractivity contribution in [2.45, 2.75) is 19.4 Å². The molecule has 7 heteroatoms. The Labute approximate surface area is 115 Å². The summed E-state index contributed by atoms with van der Waals surface area (Å²) in [4.78, 5) is 23.2. The van der Waals surface area contributed by atoms with Gasteiger partial charge in [0.1, 0.15) is 17.4 Å². The fourth-order valence-corrected chi connectivity index (χ4v) is 1.95. The van der Waals surface area contributed by atoms with Gasteiger partial charge >= 0.3 is 5.97 Å². The lowest BCUT2D eigenvalue weighted by Crippen LogP contribution is -2.40. The molecule has 20 heavy (non-hydrogen) atoms. The molecule has 0 aromatic carbocycles. The third-order valence-corrected chi connectivity index (χ3v) is 3.01. The summed E-state index contributed by atoms with van der Waals surface area (Å²) in [6.07, 6.45) is 5.34. The lowest BCUT2D eigenvalue weighted by Gasteiger charge is -2.13. The van der Waals surface area contributed by atoms with Gasteiger partial charge in [-0.2, -0.15) is 5.10 Å². The number of hydrogen-bond donors (Lipinski definition) is 2. The Bertz CT molecular complexity index is 616. The van der Waals surface area contributed by atoms with Crippen molar-refractivity contribution in [2.24, 2.45) is 7.05 Å². The number of nitrogens with zero attached hydrogens (tertiary/aromatic N) is 3. The zero-order valence-corrected chi connectivity index (χ0v) is 11.3. The fourth-order valence-electron chi connectivity index (χ4n) is 1.95. The van der Waals surface area contributed by atoms with E-state index in [0.29, 0.717) is 17.8 Å². The Hall–Kier alpha value is -2.57. The molecule has 0 saturated carbocycles. The summed E-state index contributed by atoms with van der Waals surface area (Å²) >= 11 is 0. The Morgan fingerprint density at radius 2 is 2.05 bits per heavy atom. The second-order valence-electron chi connectivity index (χ2n) is 4.37. The van der Waals surface area contributed by atoms with Gasteiger partial charge in [0.05, 0.1) is 6.20 Å². The van der Waals surface area contributed by atoms with Gasteiger partial charge in [-0.05, 0) is 18.6 Å². The Morgan fingerprint density at radius 3 is 2.60 bits per heavy atom. The van der Waals surface area contributed by atoms with Crippen LogP contribution in [0.25, 0.3) is 5.82 Å². The smallest absolute Gasteiger partial charge is 0.326 e. The summed E-state index contributed by atoms with van der Waals surface area (Å²) in [5.41, 5.74) is 0.336. The summed E-state index contributed by atoms with van der Waals surface area (Å²) < 4.78 is 3.32. The molecule has 2 aromatic heterocycles. The molecule has 0 aliphatic carbocycles. The predicted molar refractivity (Wildman–Crippen MR) is 71.7 cm³/mol. The number of aryl methyl sites for hydroxylation is 1. The van der Waals surface area contributed by atoms with Crippen LogP contribution in [0.1, 0.15) is 23.7 Å². The maximum absolute atomic E-state index is 12.2. The molecule has 0 unspecified atom stereocenters. The highest BCUT2D eigenvalue weighted by molar-refractivity contribution is 5.99. The minimum absolute atomic E-state index is 0.320. The molecule has 0 saturated heterocycles. The molecule has 7 nitrogen and oxygen atoms in total.